The van der Waals surface area contributed by atoms with Gasteiger partial charge in [0.25, 0.3) is 0 Å². The molecule has 0 saturated carbocycles. The Hall–Kier alpha value is -3.08. The fraction of sp³-hybridized carbons (Fsp3) is 0.238. The van der Waals surface area contributed by atoms with E-state index in [1.807, 2.05) is 43.3 Å². The SMILES string of the molecule is COc1cccc(Nc2cc(NCCCc3ccccc3)nc(C)n2)c1. The van der Waals surface area contributed by atoms with E-state index >= 15 is 0 Å². The van der Waals surface area contributed by atoms with E-state index in [2.05, 4.69) is 44.9 Å². The van der Waals surface area contributed by atoms with Gasteiger partial charge in [0.2, 0.25) is 0 Å². The number of rotatable bonds is 8. The van der Waals surface area contributed by atoms with Crippen molar-refractivity contribution in [1.82, 2.24) is 9.97 Å². The van der Waals surface area contributed by atoms with Crippen LogP contribution >= 0.6 is 0 Å². The lowest BCUT2D eigenvalue weighted by atomic mass is 10.1. The highest BCUT2D eigenvalue weighted by atomic mass is 16.5. The molecule has 0 aliphatic heterocycles. The molecule has 0 bridgehead atoms. The molecule has 0 amide bonds. The number of aryl methyl sites for hydroxylation is 2. The van der Waals surface area contributed by atoms with Gasteiger partial charge in [-0.1, -0.05) is 36.4 Å². The summed E-state index contributed by atoms with van der Waals surface area (Å²) in [6.07, 6.45) is 2.10. The predicted molar refractivity (Wildman–Crippen MR) is 106 cm³/mol. The first kappa shape index (κ1) is 17.7. The summed E-state index contributed by atoms with van der Waals surface area (Å²) < 4.78 is 5.26. The van der Waals surface area contributed by atoms with Crippen molar-refractivity contribution in [2.45, 2.75) is 19.8 Å². The van der Waals surface area contributed by atoms with E-state index in [0.29, 0.717) is 0 Å². The van der Waals surface area contributed by atoms with Gasteiger partial charge in [-0.25, -0.2) is 9.97 Å². The van der Waals surface area contributed by atoms with Crippen molar-refractivity contribution in [2.75, 3.05) is 24.3 Å². The number of ether oxygens (including phenoxy) is 1. The van der Waals surface area contributed by atoms with Crippen molar-refractivity contribution in [3.05, 3.63) is 72.1 Å². The molecule has 2 aromatic carbocycles. The summed E-state index contributed by atoms with van der Waals surface area (Å²) >= 11 is 0. The smallest absolute Gasteiger partial charge is 0.136 e. The minimum Gasteiger partial charge on any atom is -0.497 e. The third-order valence-electron chi connectivity index (χ3n) is 3.97. The summed E-state index contributed by atoms with van der Waals surface area (Å²) in [6.45, 7) is 2.76. The van der Waals surface area contributed by atoms with E-state index in [4.69, 9.17) is 4.74 Å². The molecule has 1 heterocycles. The number of nitrogens with zero attached hydrogens (tertiary/aromatic N) is 2. The average molecular weight is 348 g/mol. The Balaban J connectivity index is 1.58. The molecule has 0 aliphatic rings. The summed E-state index contributed by atoms with van der Waals surface area (Å²) in [7, 11) is 1.66. The van der Waals surface area contributed by atoms with Crippen molar-refractivity contribution in [3.8, 4) is 5.75 Å². The lowest BCUT2D eigenvalue weighted by Crippen LogP contribution is -2.07. The first-order chi connectivity index (χ1) is 12.7. The first-order valence-corrected chi connectivity index (χ1v) is 8.77. The topological polar surface area (TPSA) is 59.1 Å². The van der Waals surface area contributed by atoms with E-state index in [1.54, 1.807) is 7.11 Å². The fourth-order valence-electron chi connectivity index (χ4n) is 2.72. The molecule has 0 aliphatic carbocycles. The number of nitrogens with one attached hydrogen (secondary N) is 2. The molecule has 134 valence electrons. The van der Waals surface area contributed by atoms with Gasteiger partial charge in [-0.2, -0.15) is 0 Å². The summed E-state index contributed by atoms with van der Waals surface area (Å²) in [6, 6.07) is 20.2. The minimum atomic E-state index is 0.725. The van der Waals surface area contributed by atoms with Gasteiger partial charge in [0.1, 0.15) is 23.2 Å². The molecule has 5 heteroatoms. The minimum absolute atomic E-state index is 0.725. The van der Waals surface area contributed by atoms with Gasteiger partial charge in [0.05, 0.1) is 7.11 Å². The second-order valence-electron chi connectivity index (χ2n) is 6.06. The van der Waals surface area contributed by atoms with E-state index in [1.165, 1.54) is 5.56 Å². The molecule has 1 aromatic heterocycles. The van der Waals surface area contributed by atoms with Crippen LogP contribution in [0.25, 0.3) is 0 Å². The third kappa shape index (κ3) is 5.21. The monoisotopic (exact) mass is 348 g/mol. The van der Waals surface area contributed by atoms with Crippen LogP contribution in [0, 0.1) is 6.92 Å². The van der Waals surface area contributed by atoms with Crippen LogP contribution in [0.4, 0.5) is 17.3 Å². The Kier molecular flexibility index (Phi) is 6.04. The highest BCUT2D eigenvalue weighted by molar-refractivity contribution is 5.60. The van der Waals surface area contributed by atoms with Gasteiger partial charge in [-0.05, 0) is 37.5 Å². The molecule has 0 spiro atoms. The van der Waals surface area contributed by atoms with Gasteiger partial charge in [-0.15, -0.1) is 0 Å². The van der Waals surface area contributed by atoms with Crippen LogP contribution in [-0.4, -0.2) is 23.6 Å². The molecule has 2 N–H and O–H groups in total. The zero-order chi connectivity index (χ0) is 18.2. The standard InChI is InChI=1S/C21H24N4O/c1-16-23-20(22-13-7-10-17-8-4-3-5-9-17)15-21(24-16)25-18-11-6-12-19(14-18)26-2/h3-6,8-9,11-12,14-15H,7,10,13H2,1-2H3,(H2,22,23,24,25). The number of hydrogen-bond acceptors (Lipinski definition) is 5. The highest BCUT2D eigenvalue weighted by Gasteiger charge is 2.03. The van der Waals surface area contributed by atoms with E-state index in [-0.39, 0.29) is 0 Å². The predicted octanol–water partition coefficient (Wildman–Crippen LogP) is 4.58. The Morgan fingerprint density at radius 2 is 1.73 bits per heavy atom. The van der Waals surface area contributed by atoms with E-state index in [0.717, 1.165) is 48.3 Å². The van der Waals surface area contributed by atoms with Crippen LogP contribution in [0.15, 0.2) is 60.7 Å². The maximum Gasteiger partial charge on any atom is 0.136 e. The number of hydrogen-bond donors (Lipinski definition) is 2. The Bertz CT molecular complexity index is 836. The second kappa shape index (κ2) is 8.85. The van der Waals surface area contributed by atoms with Gasteiger partial charge in [0, 0.05) is 24.4 Å². The lowest BCUT2D eigenvalue weighted by molar-refractivity contribution is 0.415. The van der Waals surface area contributed by atoms with Crippen molar-refractivity contribution in [3.63, 3.8) is 0 Å². The molecule has 5 nitrogen and oxygen atoms in total. The molecule has 0 unspecified atom stereocenters. The van der Waals surface area contributed by atoms with Crippen molar-refractivity contribution in [2.24, 2.45) is 0 Å². The van der Waals surface area contributed by atoms with Gasteiger partial charge in [-0.3, -0.25) is 0 Å². The number of benzene rings is 2. The maximum atomic E-state index is 5.26. The molecule has 0 radical (unpaired) electrons. The van der Waals surface area contributed by atoms with Crippen molar-refractivity contribution >= 4 is 17.3 Å². The van der Waals surface area contributed by atoms with Crippen LogP contribution < -0.4 is 15.4 Å². The zero-order valence-corrected chi connectivity index (χ0v) is 15.2. The molecule has 0 saturated heterocycles. The largest absolute Gasteiger partial charge is 0.497 e. The number of methoxy groups -OCH3 is 1. The zero-order valence-electron chi connectivity index (χ0n) is 15.2. The van der Waals surface area contributed by atoms with Gasteiger partial charge < -0.3 is 15.4 Å². The third-order valence-corrected chi connectivity index (χ3v) is 3.97. The molecule has 26 heavy (non-hydrogen) atoms. The second-order valence-corrected chi connectivity index (χ2v) is 6.06. The summed E-state index contributed by atoms with van der Waals surface area (Å²) in [5.74, 6) is 3.12. The molecule has 0 fully saturated rings. The molecule has 3 rings (SSSR count). The van der Waals surface area contributed by atoms with E-state index in [9.17, 15) is 0 Å². The summed E-state index contributed by atoms with van der Waals surface area (Å²) in [5, 5.41) is 6.69. The van der Waals surface area contributed by atoms with Gasteiger partial charge >= 0.3 is 0 Å². The molecular weight excluding hydrogens is 324 g/mol. The van der Waals surface area contributed by atoms with Crippen LogP contribution in [0.3, 0.4) is 0 Å². The van der Waals surface area contributed by atoms with Crippen LogP contribution in [0.2, 0.25) is 0 Å². The van der Waals surface area contributed by atoms with Crippen molar-refractivity contribution < 1.29 is 4.74 Å². The van der Waals surface area contributed by atoms with E-state index < -0.39 is 0 Å². The molecule has 3 aromatic rings. The van der Waals surface area contributed by atoms with Crippen molar-refractivity contribution in [1.29, 1.82) is 0 Å². The lowest BCUT2D eigenvalue weighted by Gasteiger charge is -2.11. The van der Waals surface area contributed by atoms with Gasteiger partial charge in [0.15, 0.2) is 0 Å². The Morgan fingerprint density at radius 3 is 2.54 bits per heavy atom. The number of aromatic nitrogens is 2. The van der Waals surface area contributed by atoms with Crippen LogP contribution in [0.5, 0.6) is 5.75 Å². The maximum absolute atomic E-state index is 5.26. The average Bonchev–Trinajstić information content (AvgIpc) is 2.66. The first-order valence-electron chi connectivity index (χ1n) is 8.77. The molecule has 0 atom stereocenters. The quantitative estimate of drug-likeness (QED) is 0.584. The highest BCUT2D eigenvalue weighted by Crippen LogP contribution is 2.21. The summed E-state index contributed by atoms with van der Waals surface area (Å²) in [5.41, 5.74) is 2.28. The van der Waals surface area contributed by atoms with Crippen LogP contribution in [-0.2, 0) is 6.42 Å². The molecular formula is C21H24N4O. The normalized spacial score (nSPS) is 10.4. The number of anilines is 3. The van der Waals surface area contributed by atoms with Crippen LogP contribution in [0.1, 0.15) is 17.8 Å². The Morgan fingerprint density at radius 1 is 0.923 bits per heavy atom. The Labute approximate surface area is 154 Å². The fourth-order valence-corrected chi connectivity index (χ4v) is 2.72. The summed E-state index contributed by atoms with van der Waals surface area (Å²) in [4.78, 5) is 8.92.